The summed E-state index contributed by atoms with van der Waals surface area (Å²) in [6.07, 6.45) is 0. The number of hydrogen-bond donors (Lipinski definition) is 1. The highest BCUT2D eigenvalue weighted by molar-refractivity contribution is 5.25. The first kappa shape index (κ1) is 10.6. The van der Waals surface area contributed by atoms with E-state index in [9.17, 15) is 9.50 Å². The maximum absolute atomic E-state index is 12.8. The second-order valence-electron chi connectivity index (χ2n) is 4.53. The normalized spacial score (nSPS) is 32.1. The van der Waals surface area contributed by atoms with Crippen molar-refractivity contribution >= 4 is 0 Å². The number of nitrogens with zero attached hydrogens (tertiary/aromatic N) is 1. The molecule has 0 aliphatic carbocycles. The lowest BCUT2D eigenvalue weighted by Gasteiger charge is -2.27. The summed E-state index contributed by atoms with van der Waals surface area (Å²) in [5.74, 6) is -0.0886. The van der Waals surface area contributed by atoms with Crippen LogP contribution in [0.2, 0.25) is 0 Å². The van der Waals surface area contributed by atoms with Crippen molar-refractivity contribution in [2.45, 2.75) is 12.5 Å². The molecule has 0 amide bonds. The molecule has 3 heteroatoms. The Morgan fingerprint density at radius 3 is 2.47 bits per heavy atom. The van der Waals surface area contributed by atoms with E-state index in [4.69, 9.17) is 0 Å². The monoisotopic (exact) mass is 209 g/mol. The molecule has 1 aliphatic rings. The number of β-amino-alcohol motifs (C(OH)–C–C–N with tert-alkyl or cyclic N) is 1. The van der Waals surface area contributed by atoms with E-state index in [0.29, 0.717) is 6.54 Å². The Labute approximate surface area is 89.3 Å². The summed E-state index contributed by atoms with van der Waals surface area (Å²) in [6.45, 7) is 3.50. The molecule has 1 aromatic carbocycles. The fourth-order valence-corrected chi connectivity index (χ4v) is 2.36. The molecule has 0 bridgehead atoms. The van der Waals surface area contributed by atoms with Gasteiger partial charge >= 0.3 is 0 Å². The SMILES string of the molecule is CC1CN(C)CC1(O)c1ccc(F)cc1. The highest BCUT2D eigenvalue weighted by Crippen LogP contribution is 2.35. The smallest absolute Gasteiger partial charge is 0.123 e. The van der Waals surface area contributed by atoms with E-state index in [-0.39, 0.29) is 11.7 Å². The Balaban J connectivity index is 2.33. The van der Waals surface area contributed by atoms with Crippen LogP contribution in [-0.4, -0.2) is 30.1 Å². The van der Waals surface area contributed by atoms with Gasteiger partial charge in [0.2, 0.25) is 0 Å². The highest BCUT2D eigenvalue weighted by Gasteiger charge is 2.42. The highest BCUT2D eigenvalue weighted by atomic mass is 19.1. The van der Waals surface area contributed by atoms with Crippen molar-refractivity contribution in [3.63, 3.8) is 0 Å². The third-order valence-electron chi connectivity index (χ3n) is 3.26. The van der Waals surface area contributed by atoms with Crippen molar-refractivity contribution < 1.29 is 9.50 Å². The molecule has 2 unspecified atom stereocenters. The van der Waals surface area contributed by atoms with Gasteiger partial charge < -0.3 is 10.0 Å². The van der Waals surface area contributed by atoms with Gasteiger partial charge in [-0.05, 0) is 24.7 Å². The maximum Gasteiger partial charge on any atom is 0.123 e. The summed E-state index contributed by atoms with van der Waals surface area (Å²) in [4.78, 5) is 2.09. The lowest BCUT2D eigenvalue weighted by molar-refractivity contribution is 0.0146. The molecule has 0 radical (unpaired) electrons. The number of hydrogen-bond acceptors (Lipinski definition) is 2. The minimum Gasteiger partial charge on any atom is -0.383 e. The van der Waals surface area contributed by atoms with E-state index >= 15 is 0 Å². The summed E-state index contributed by atoms with van der Waals surface area (Å²) in [7, 11) is 1.98. The van der Waals surface area contributed by atoms with E-state index in [0.717, 1.165) is 12.1 Å². The van der Waals surface area contributed by atoms with Crippen LogP contribution >= 0.6 is 0 Å². The number of rotatable bonds is 1. The van der Waals surface area contributed by atoms with Crippen LogP contribution in [-0.2, 0) is 5.60 Å². The van der Waals surface area contributed by atoms with E-state index < -0.39 is 5.60 Å². The van der Waals surface area contributed by atoms with Gasteiger partial charge in [0.25, 0.3) is 0 Å². The van der Waals surface area contributed by atoms with Crippen LogP contribution in [0.15, 0.2) is 24.3 Å². The third kappa shape index (κ3) is 1.77. The molecule has 1 N–H and O–H groups in total. The Kier molecular flexibility index (Phi) is 2.52. The Morgan fingerprint density at radius 2 is 2.00 bits per heavy atom. The van der Waals surface area contributed by atoms with Crippen LogP contribution < -0.4 is 0 Å². The van der Waals surface area contributed by atoms with Gasteiger partial charge in [-0.15, -0.1) is 0 Å². The average molecular weight is 209 g/mol. The minimum atomic E-state index is -0.831. The van der Waals surface area contributed by atoms with E-state index in [1.807, 2.05) is 14.0 Å². The maximum atomic E-state index is 12.8. The Morgan fingerprint density at radius 1 is 1.40 bits per heavy atom. The second kappa shape index (κ2) is 3.58. The number of likely N-dealkylation sites (tertiary alicyclic amines) is 1. The van der Waals surface area contributed by atoms with Crippen LogP contribution in [0.4, 0.5) is 4.39 Å². The Bertz CT molecular complexity index is 351. The van der Waals surface area contributed by atoms with Gasteiger partial charge in [-0.1, -0.05) is 19.1 Å². The van der Waals surface area contributed by atoms with Gasteiger partial charge in [0.05, 0.1) is 0 Å². The van der Waals surface area contributed by atoms with Crippen molar-refractivity contribution in [2.75, 3.05) is 20.1 Å². The molecule has 2 nitrogen and oxygen atoms in total. The van der Waals surface area contributed by atoms with Crippen molar-refractivity contribution in [3.05, 3.63) is 35.6 Å². The predicted octanol–water partition coefficient (Wildman–Crippen LogP) is 1.59. The molecular weight excluding hydrogens is 193 g/mol. The van der Waals surface area contributed by atoms with Crippen LogP contribution in [0.3, 0.4) is 0 Å². The van der Waals surface area contributed by atoms with Crippen LogP contribution in [0.5, 0.6) is 0 Å². The van der Waals surface area contributed by atoms with Gasteiger partial charge in [-0.25, -0.2) is 4.39 Å². The summed E-state index contributed by atoms with van der Waals surface area (Å²) in [6, 6.07) is 6.15. The zero-order chi connectivity index (χ0) is 11.1. The summed E-state index contributed by atoms with van der Waals surface area (Å²) in [5.41, 5.74) is -0.0247. The molecule has 1 fully saturated rings. The molecule has 82 valence electrons. The zero-order valence-electron chi connectivity index (χ0n) is 9.07. The first-order valence-corrected chi connectivity index (χ1v) is 5.19. The molecule has 1 saturated heterocycles. The second-order valence-corrected chi connectivity index (χ2v) is 4.53. The van der Waals surface area contributed by atoms with E-state index in [1.165, 1.54) is 12.1 Å². The summed E-state index contributed by atoms with van der Waals surface area (Å²) < 4.78 is 12.8. The topological polar surface area (TPSA) is 23.5 Å². The largest absolute Gasteiger partial charge is 0.383 e. The first-order valence-electron chi connectivity index (χ1n) is 5.19. The van der Waals surface area contributed by atoms with Gasteiger partial charge in [0, 0.05) is 19.0 Å². The van der Waals surface area contributed by atoms with Crippen molar-refractivity contribution in [1.29, 1.82) is 0 Å². The summed E-state index contributed by atoms with van der Waals surface area (Å²) in [5, 5.41) is 10.5. The molecular formula is C12H16FNO. The van der Waals surface area contributed by atoms with Gasteiger partial charge in [0.1, 0.15) is 11.4 Å². The Hall–Kier alpha value is -0.930. The van der Waals surface area contributed by atoms with Crippen LogP contribution in [0.1, 0.15) is 12.5 Å². The first-order chi connectivity index (χ1) is 7.02. The standard InChI is InChI=1S/C12H16FNO/c1-9-7-14(2)8-12(9,15)10-3-5-11(13)6-4-10/h3-6,9,15H,7-8H2,1-2H3. The summed E-state index contributed by atoms with van der Waals surface area (Å²) >= 11 is 0. The molecule has 2 rings (SSSR count). The fraction of sp³-hybridized carbons (Fsp3) is 0.500. The molecule has 0 saturated carbocycles. The average Bonchev–Trinajstić information content (AvgIpc) is 2.42. The molecule has 15 heavy (non-hydrogen) atoms. The third-order valence-corrected chi connectivity index (χ3v) is 3.26. The van der Waals surface area contributed by atoms with Crippen molar-refractivity contribution in [3.8, 4) is 0 Å². The lowest BCUT2D eigenvalue weighted by Crippen LogP contribution is -2.33. The van der Waals surface area contributed by atoms with Crippen LogP contribution in [0.25, 0.3) is 0 Å². The van der Waals surface area contributed by atoms with Crippen molar-refractivity contribution in [2.24, 2.45) is 5.92 Å². The lowest BCUT2D eigenvalue weighted by atomic mass is 9.85. The zero-order valence-corrected chi connectivity index (χ0v) is 9.07. The molecule has 1 aromatic rings. The van der Waals surface area contributed by atoms with E-state index in [2.05, 4.69) is 4.90 Å². The molecule has 0 spiro atoms. The van der Waals surface area contributed by atoms with Gasteiger partial charge in [-0.2, -0.15) is 0 Å². The number of benzene rings is 1. The number of aliphatic hydroxyl groups is 1. The van der Waals surface area contributed by atoms with Crippen LogP contribution in [0, 0.1) is 11.7 Å². The van der Waals surface area contributed by atoms with E-state index in [1.54, 1.807) is 12.1 Å². The van der Waals surface area contributed by atoms with Crippen molar-refractivity contribution in [1.82, 2.24) is 4.90 Å². The molecule has 2 atom stereocenters. The number of halogens is 1. The quantitative estimate of drug-likeness (QED) is 0.759. The van der Waals surface area contributed by atoms with Gasteiger partial charge in [0.15, 0.2) is 0 Å². The molecule has 1 aliphatic heterocycles. The molecule has 0 aromatic heterocycles. The molecule has 1 heterocycles. The minimum absolute atomic E-state index is 0.174. The fourth-order valence-electron chi connectivity index (χ4n) is 2.36. The van der Waals surface area contributed by atoms with Gasteiger partial charge in [-0.3, -0.25) is 0 Å². The predicted molar refractivity (Wildman–Crippen MR) is 57.0 cm³/mol. The number of likely N-dealkylation sites (N-methyl/N-ethyl adjacent to an activating group) is 1.